The van der Waals surface area contributed by atoms with Gasteiger partial charge in [0.05, 0.1) is 0 Å². The van der Waals surface area contributed by atoms with Crippen LogP contribution in [0, 0.1) is 6.92 Å². The first-order valence-corrected chi connectivity index (χ1v) is 8.18. The monoisotopic (exact) mass is 322 g/mol. The Hall–Kier alpha value is -2.12. The average Bonchev–Trinajstić information content (AvgIpc) is 2.81. The molecule has 22 heavy (non-hydrogen) atoms. The van der Waals surface area contributed by atoms with Crippen LogP contribution in [0.25, 0.3) is 0 Å². The van der Waals surface area contributed by atoms with E-state index in [1.807, 2.05) is 31.2 Å². The molecule has 0 aliphatic heterocycles. The van der Waals surface area contributed by atoms with E-state index in [0.717, 1.165) is 17.2 Å². The maximum absolute atomic E-state index is 12.4. The van der Waals surface area contributed by atoms with E-state index in [4.69, 9.17) is 5.11 Å². The fraction of sp³-hybridized carbons (Fsp3) is 0.267. The third-order valence-electron chi connectivity index (χ3n) is 3.50. The summed E-state index contributed by atoms with van der Waals surface area (Å²) in [5.74, 6) is -1.17. The maximum atomic E-state index is 12.4. The summed E-state index contributed by atoms with van der Waals surface area (Å²) in [6, 6.07) is 8.23. The van der Waals surface area contributed by atoms with Gasteiger partial charge in [0.2, 0.25) is 10.0 Å². The van der Waals surface area contributed by atoms with Gasteiger partial charge in [-0.05, 0) is 31.0 Å². The van der Waals surface area contributed by atoms with Crippen LogP contribution in [-0.2, 0) is 17.1 Å². The van der Waals surface area contributed by atoms with E-state index in [1.54, 1.807) is 6.92 Å². The summed E-state index contributed by atoms with van der Waals surface area (Å²) >= 11 is 0. The number of nitrogens with one attached hydrogen (secondary N) is 1. The van der Waals surface area contributed by atoms with Crippen molar-refractivity contribution in [1.82, 2.24) is 9.29 Å². The summed E-state index contributed by atoms with van der Waals surface area (Å²) in [4.78, 5) is 11.0. The molecular weight excluding hydrogens is 304 g/mol. The van der Waals surface area contributed by atoms with Gasteiger partial charge in [0.1, 0.15) is 10.6 Å². The van der Waals surface area contributed by atoms with Gasteiger partial charge in [-0.2, -0.15) is 0 Å². The number of benzene rings is 1. The molecule has 0 spiro atoms. The molecule has 0 amide bonds. The summed E-state index contributed by atoms with van der Waals surface area (Å²) in [6.45, 7) is 3.66. The van der Waals surface area contributed by atoms with E-state index in [2.05, 4.69) is 4.72 Å². The Morgan fingerprint density at radius 2 is 1.95 bits per heavy atom. The van der Waals surface area contributed by atoms with Crippen LogP contribution in [0.4, 0.5) is 0 Å². The van der Waals surface area contributed by atoms with Crippen LogP contribution in [0.5, 0.6) is 0 Å². The van der Waals surface area contributed by atoms with E-state index >= 15 is 0 Å². The number of hydrogen-bond acceptors (Lipinski definition) is 3. The lowest BCUT2D eigenvalue weighted by molar-refractivity contribution is 0.0686. The number of aromatic carboxylic acids is 1. The van der Waals surface area contributed by atoms with E-state index in [0.29, 0.717) is 0 Å². The summed E-state index contributed by atoms with van der Waals surface area (Å²) in [5, 5.41) is 9.00. The van der Waals surface area contributed by atoms with Crippen molar-refractivity contribution in [3.05, 3.63) is 53.3 Å². The molecule has 0 saturated heterocycles. The SMILES string of the molecule is Cc1ccccc1C(C)NS(=O)(=O)c1cc(C(=O)O)n(C)c1. The summed E-state index contributed by atoms with van der Waals surface area (Å²) in [6.07, 6.45) is 1.29. The lowest BCUT2D eigenvalue weighted by Gasteiger charge is -2.16. The predicted molar refractivity (Wildman–Crippen MR) is 82.3 cm³/mol. The average molecular weight is 322 g/mol. The summed E-state index contributed by atoms with van der Waals surface area (Å²) in [5.41, 5.74) is 1.78. The number of carbonyl (C=O) groups is 1. The largest absolute Gasteiger partial charge is 0.477 e. The third kappa shape index (κ3) is 3.20. The predicted octanol–water partition coefficient (Wildman–Crippen LogP) is 2.07. The molecule has 1 atom stereocenters. The minimum Gasteiger partial charge on any atom is -0.477 e. The highest BCUT2D eigenvalue weighted by atomic mass is 32.2. The molecule has 2 rings (SSSR count). The highest BCUT2D eigenvalue weighted by Crippen LogP contribution is 2.21. The first kappa shape index (κ1) is 16.3. The second-order valence-electron chi connectivity index (χ2n) is 5.18. The molecule has 1 unspecified atom stereocenters. The third-order valence-corrected chi connectivity index (χ3v) is 5.00. The molecule has 0 radical (unpaired) electrons. The number of carboxylic acid groups (broad SMARTS) is 1. The van der Waals surface area contributed by atoms with Crippen molar-refractivity contribution in [2.24, 2.45) is 7.05 Å². The zero-order chi connectivity index (χ0) is 16.5. The van der Waals surface area contributed by atoms with E-state index in [1.165, 1.54) is 17.8 Å². The number of aromatic nitrogens is 1. The van der Waals surface area contributed by atoms with Crippen LogP contribution in [0.3, 0.4) is 0 Å². The summed E-state index contributed by atoms with van der Waals surface area (Å²) in [7, 11) is -2.30. The molecule has 0 saturated carbocycles. The highest BCUT2D eigenvalue weighted by Gasteiger charge is 2.23. The van der Waals surface area contributed by atoms with Crippen LogP contribution in [0.2, 0.25) is 0 Å². The normalized spacial score (nSPS) is 13.0. The maximum Gasteiger partial charge on any atom is 0.352 e. The van der Waals surface area contributed by atoms with Crippen LogP contribution < -0.4 is 4.72 Å². The lowest BCUT2D eigenvalue weighted by Crippen LogP contribution is -2.27. The number of aryl methyl sites for hydroxylation is 2. The molecule has 7 heteroatoms. The molecule has 1 aromatic heterocycles. The van der Waals surface area contributed by atoms with Gasteiger partial charge < -0.3 is 9.67 Å². The minimum absolute atomic E-state index is 0.0622. The van der Waals surface area contributed by atoms with E-state index in [9.17, 15) is 13.2 Å². The van der Waals surface area contributed by atoms with Crippen molar-refractivity contribution >= 4 is 16.0 Å². The first-order chi connectivity index (χ1) is 10.2. The Morgan fingerprint density at radius 1 is 1.32 bits per heavy atom. The molecule has 2 aromatic rings. The summed E-state index contributed by atoms with van der Waals surface area (Å²) < 4.78 is 28.6. The Bertz CT molecular complexity index is 809. The first-order valence-electron chi connectivity index (χ1n) is 6.70. The van der Waals surface area contributed by atoms with E-state index < -0.39 is 22.0 Å². The second kappa shape index (κ2) is 5.94. The van der Waals surface area contributed by atoms with E-state index in [-0.39, 0.29) is 10.6 Å². The van der Waals surface area contributed by atoms with Gasteiger partial charge in [-0.15, -0.1) is 0 Å². The van der Waals surface area contributed by atoms with Crippen molar-refractivity contribution in [3.8, 4) is 0 Å². The van der Waals surface area contributed by atoms with Crippen molar-refractivity contribution in [3.63, 3.8) is 0 Å². The smallest absolute Gasteiger partial charge is 0.352 e. The minimum atomic E-state index is -3.79. The zero-order valence-electron chi connectivity index (χ0n) is 12.6. The second-order valence-corrected chi connectivity index (χ2v) is 6.89. The zero-order valence-corrected chi connectivity index (χ0v) is 13.4. The molecule has 0 fully saturated rings. The Labute approximate surface area is 129 Å². The van der Waals surface area contributed by atoms with Crippen molar-refractivity contribution in [2.45, 2.75) is 24.8 Å². The Balaban J connectivity index is 2.30. The molecule has 0 bridgehead atoms. The fourth-order valence-electron chi connectivity index (χ4n) is 2.33. The molecule has 118 valence electrons. The molecule has 0 aliphatic rings. The molecule has 6 nitrogen and oxygen atoms in total. The number of sulfonamides is 1. The van der Waals surface area contributed by atoms with Crippen LogP contribution in [0.1, 0.15) is 34.6 Å². The van der Waals surface area contributed by atoms with Crippen molar-refractivity contribution in [2.75, 3.05) is 0 Å². The van der Waals surface area contributed by atoms with Crippen molar-refractivity contribution in [1.29, 1.82) is 0 Å². The van der Waals surface area contributed by atoms with Gasteiger partial charge >= 0.3 is 5.97 Å². The molecule has 1 aromatic carbocycles. The standard InChI is InChI=1S/C15H18N2O4S/c1-10-6-4-5-7-13(10)11(2)16-22(20,21)12-8-14(15(18)19)17(3)9-12/h4-9,11,16H,1-3H3,(H,18,19). The molecule has 2 N–H and O–H groups in total. The fourth-order valence-corrected chi connectivity index (χ4v) is 3.62. The van der Waals surface area contributed by atoms with Gasteiger partial charge in [-0.25, -0.2) is 17.9 Å². The highest BCUT2D eigenvalue weighted by molar-refractivity contribution is 7.89. The molecule has 0 aliphatic carbocycles. The number of rotatable bonds is 5. The van der Waals surface area contributed by atoms with Gasteiger partial charge in [-0.1, -0.05) is 24.3 Å². The topological polar surface area (TPSA) is 88.4 Å². The Kier molecular flexibility index (Phi) is 4.39. The lowest BCUT2D eigenvalue weighted by atomic mass is 10.0. The van der Waals surface area contributed by atoms with Crippen LogP contribution in [0.15, 0.2) is 41.4 Å². The molecule has 1 heterocycles. The van der Waals surface area contributed by atoms with Gasteiger partial charge in [-0.3, -0.25) is 0 Å². The van der Waals surface area contributed by atoms with Gasteiger partial charge in [0.25, 0.3) is 0 Å². The van der Waals surface area contributed by atoms with Crippen LogP contribution in [-0.4, -0.2) is 24.1 Å². The number of nitrogens with zero attached hydrogens (tertiary/aromatic N) is 1. The number of carboxylic acids is 1. The number of hydrogen-bond donors (Lipinski definition) is 2. The molecular formula is C15H18N2O4S. The van der Waals surface area contributed by atoms with Gasteiger partial charge in [0, 0.05) is 19.3 Å². The van der Waals surface area contributed by atoms with Crippen molar-refractivity contribution < 1.29 is 18.3 Å². The quantitative estimate of drug-likeness (QED) is 0.882. The van der Waals surface area contributed by atoms with Gasteiger partial charge in [0.15, 0.2) is 0 Å². The Morgan fingerprint density at radius 3 is 2.50 bits per heavy atom. The van der Waals surface area contributed by atoms with Crippen LogP contribution >= 0.6 is 0 Å².